The first-order valence-corrected chi connectivity index (χ1v) is 12.7. The van der Waals surface area contributed by atoms with Crippen molar-refractivity contribution in [1.82, 2.24) is 9.21 Å². The van der Waals surface area contributed by atoms with E-state index in [1.165, 1.54) is 17.0 Å². The molecular weight excluding hydrogens is 566 g/mol. The predicted octanol–water partition coefficient (Wildman–Crippen LogP) is 5.12. The number of halogens is 7. The van der Waals surface area contributed by atoms with Crippen LogP contribution in [-0.4, -0.2) is 49.7 Å². The Morgan fingerprint density at radius 3 is 1.97 bits per heavy atom. The third kappa shape index (κ3) is 5.51. The first kappa shape index (κ1) is 26.0. The Kier molecular flexibility index (Phi) is 6.73. The highest BCUT2D eigenvalue weighted by atomic mass is 79.9. The van der Waals surface area contributed by atoms with E-state index >= 15 is 0 Å². The highest BCUT2D eigenvalue weighted by Gasteiger charge is 2.47. The van der Waals surface area contributed by atoms with Crippen molar-refractivity contribution in [2.45, 2.75) is 29.6 Å². The monoisotopic (exact) mass is 584 g/mol. The number of benzene rings is 2. The molecule has 1 heterocycles. The number of hydrogen-bond donors (Lipinski definition) is 0. The van der Waals surface area contributed by atoms with Crippen molar-refractivity contribution in [1.29, 1.82) is 0 Å². The first-order chi connectivity index (χ1) is 16.2. The summed E-state index contributed by atoms with van der Waals surface area (Å²) in [5, 5.41) is 0. The Morgan fingerprint density at radius 2 is 1.43 bits per heavy atom. The van der Waals surface area contributed by atoms with Gasteiger partial charge in [-0.15, -0.1) is 0 Å². The van der Waals surface area contributed by atoms with E-state index < -0.39 is 44.3 Å². The fourth-order valence-corrected chi connectivity index (χ4v) is 6.30. The molecule has 1 saturated heterocycles. The Morgan fingerprint density at radius 1 is 0.857 bits per heavy atom. The van der Waals surface area contributed by atoms with E-state index in [4.69, 9.17) is 0 Å². The molecular formula is C22H19BrF6N2O3S. The van der Waals surface area contributed by atoms with E-state index in [-0.39, 0.29) is 42.5 Å². The maximum Gasteiger partial charge on any atom is 0.416 e. The second-order valence-corrected chi connectivity index (χ2v) is 11.3. The zero-order valence-corrected chi connectivity index (χ0v) is 20.3. The summed E-state index contributed by atoms with van der Waals surface area (Å²) in [7, 11) is -4.22. The topological polar surface area (TPSA) is 57.7 Å². The van der Waals surface area contributed by atoms with Crippen LogP contribution in [0.15, 0.2) is 51.8 Å². The molecule has 2 fully saturated rings. The number of alkyl halides is 6. The maximum absolute atomic E-state index is 13.1. The quantitative estimate of drug-likeness (QED) is 0.469. The molecule has 2 unspecified atom stereocenters. The molecule has 2 aliphatic rings. The maximum atomic E-state index is 13.1. The molecule has 2 aromatic rings. The SMILES string of the molecule is O=C(C1CC1c1ccc(C(F)(F)F)cc1)N1CCN(S(=O)(=O)c2cc(Br)cc(C(F)(F)F)c2)CC1. The van der Waals surface area contributed by atoms with Crippen molar-refractivity contribution in [2.24, 2.45) is 5.92 Å². The number of nitrogens with zero attached hydrogens (tertiary/aromatic N) is 2. The summed E-state index contributed by atoms with van der Waals surface area (Å²) in [4.78, 5) is 13.8. The van der Waals surface area contributed by atoms with Gasteiger partial charge in [-0.2, -0.15) is 30.6 Å². The molecule has 35 heavy (non-hydrogen) atoms. The lowest BCUT2D eigenvalue weighted by Crippen LogP contribution is -2.51. The third-order valence-electron chi connectivity index (χ3n) is 6.16. The molecule has 2 aromatic carbocycles. The van der Waals surface area contributed by atoms with E-state index in [2.05, 4.69) is 15.9 Å². The average Bonchev–Trinajstić information content (AvgIpc) is 3.58. The van der Waals surface area contributed by atoms with Crippen LogP contribution < -0.4 is 0 Å². The van der Waals surface area contributed by atoms with Gasteiger partial charge in [-0.25, -0.2) is 8.42 Å². The van der Waals surface area contributed by atoms with Crippen LogP contribution in [0.4, 0.5) is 26.3 Å². The molecule has 0 aromatic heterocycles. The zero-order valence-electron chi connectivity index (χ0n) is 17.9. The van der Waals surface area contributed by atoms with E-state index in [0.717, 1.165) is 28.6 Å². The number of carbonyl (C=O) groups excluding carboxylic acids is 1. The summed E-state index contributed by atoms with van der Waals surface area (Å²) >= 11 is 2.92. The van der Waals surface area contributed by atoms with Gasteiger partial charge < -0.3 is 4.90 Å². The fraction of sp³-hybridized carbons (Fsp3) is 0.409. The average molecular weight is 585 g/mol. The number of rotatable bonds is 4. The Balaban J connectivity index is 1.38. The smallest absolute Gasteiger partial charge is 0.340 e. The van der Waals surface area contributed by atoms with Gasteiger partial charge in [0.2, 0.25) is 15.9 Å². The lowest BCUT2D eigenvalue weighted by atomic mass is 10.1. The van der Waals surface area contributed by atoms with Gasteiger partial charge in [0.15, 0.2) is 0 Å². The van der Waals surface area contributed by atoms with Crippen molar-refractivity contribution >= 4 is 31.9 Å². The number of piperazine rings is 1. The molecule has 190 valence electrons. The Hall–Kier alpha value is -2.12. The van der Waals surface area contributed by atoms with Crippen molar-refractivity contribution < 1.29 is 39.6 Å². The van der Waals surface area contributed by atoms with E-state index in [1.807, 2.05) is 0 Å². The Bertz CT molecular complexity index is 1220. The minimum absolute atomic E-state index is 0.0252. The normalized spacial score (nSPS) is 21.7. The lowest BCUT2D eigenvalue weighted by Gasteiger charge is -2.34. The number of sulfonamides is 1. The van der Waals surface area contributed by atoms with Gasteiger partial charge in [-0.3, -0.25) is 4.79 Å². The van der Waals surface area contributed by atoms with Gasteiger partial charge in [0.1, 0.15) is 0 Å². The third-order valence-corrected chi connectivity index (χ3v) is 8.49. The van der Waals surface area contributed by atoms with Crippen LogP contribution in [0.5, 0.6) is 0 Å². The van der Waals surface area contributed by atoms with Crippen LogP contribution >= 0.6 is 15.9 Å². The summed E-state index contributed by atoms with van der Waals surface area (Å²) < 4.78 is 104. The Labute approximate surface area is 205 Å². The van der Waals surface area contributed by atoms with Crippen LogP contribution in [0, 0.1) is 5.92 Å². The number of amides is 1. The molecule has 4 rings (SSSR count). The second kappa shape index (κ2) is 9.07. The highest BCUT2D eigenvalue weighted by molar-refractivity contribution is 9.10. The van der Waals surface area contributed by atoms with Gasteiger partial charge in [-0.1, -0.05) is 28.1 Å². The molecule has 0 N–H and O–H groups in total. The van der Waals surface area contributed by atoms with Crippen molar-refractivity contribution in [3.8, 4) is 0 Å². The largest absolute Gasteiger partial charge is 0.416 e. The molecule has 1 aliphatic heterocycles. The van der Waals surface area contributed by atoms with Crippen LogP contribution in [0.1, 0.15) is 29.0 Å². The number of carbonyl (C=O) groups is 1. The molecule has 1 amide bonds. The lowest BCUT2D eigenvalue weighted by molar-refractivity contribution is -0.138. The van der Waals surface area contributed by atoms with Crippen LogP contribution in [0.3, 0.4) is 0 Å². The van der Waals surface area contributed by atoms with Crippen molar-refractivity contribution in [3.63, 3.8) is 0 Å². The second-order valence-electron chi connectivity index (χ2n) is 8.47. The van der Waals surface area contributed by atoms with Gasteiger partial charge >= 0.3 is 12.4 Å². The van der Waals surface area contributed by atoms with Gasteiger partial charge in [0.25, 0.3) is 0 Å². The van der Waals surface area contributed by atoms with E-state index in [1.54, 1.807) is 0 Å². The number of hydrogen-bond acceptors (Lipinski definition) is 3. The molecule has 13 heteroatoms. The zero-order chi connectivity index (χ0) is 25.8. The summed E-state index contributed by atoms with van der Waals surface area (Å²) in [5.41, 5.74) is -1.23. The van der Waals surface area contributed by atoms with E-state index in [0.29, 0.717) is 18.1 Å². The first-order valence-electron chi connectivity index (χ1n) is 10.5. The van der Waals surface area contributed by atoms with E-state index in [9.17, 15) is 39.6 Å². The molecule has 0 spiro atoms. The highest BCUT2D eigenvalue weighted by Crippen LogP contribution is 2.49. The van der Waals surface area contributed by atoms with Crippen molar-refractivity contribution in [3.05, 3.63) is 63.6 Å². The fourth-order valence-electron chi connectivity index (χ4n) is 4.16. The van der Waals surface area contributed by atoms with Crippen LogP contribution in [-0.2, 0) is 27.2 Å². The van der Waals surface area contributed by atoms with Crippen LogP contribution in [0.25, 0.3) is 0 Å². The molecule has 1 aliphatic carbocycles. The predicted molar refractivity (Wildman–Crippen MR) is 117 cm³/mol. The molecule has 0 bridgehead atoms. The summed E-state index contributed by atoms with van der Waals surface area (Å²) in [5.74, 6) is -0.808. The van der Waals surface area contributed by atoms with Gasteiger partial charge in [-0.05, 0) is 48.2 Å². The van der Waals surface area contributed by atoms with Crippen molar-refractivity contribution in [2.75, 3.05) is 26.2 Å². The molecule has 2 atom stereocenters. The summed E-state index contributed by atoms with van der Waals surface area (Å²) in [6.07, 6.45) is -8.67. The molecule has 5 nitrogen and oxygen atoms in total. The summed E-state index contributed by atoms with van der Waals surface area (Å²) in [6, 6.07) is 7.14. The van der Waals surface area contributed by atoms with Gasteiger partial charge in [0.05, 0.1) is 16.0 Å². The minimum Gasteiger partial charge on any atom is -0.340 e. The standard InChI is InChI=1S/C22H19BrF6N2O3S/c23-16-9-15(22(27,28)29)10-17(11-16)35(33,34)31-7-5-30(6-8-31)20(32)19-12-18(19)13-1-3-14(4-2-13)21(24,25)26/h1-4,9-11,18-19H,5-8,12H2. The summed E-state index contributed by atoms with van der Waals surface area (Å²) in [6.45, 7) is -0.0396. The minimum atomic E-state index is -4.72. The van der Waals surface area contributed by atoms with Crippen LogP contribution in [0.2, 0.25) is 0 Å². The molecule has 1 saturated carbocycles. The molecule has 0 radical (unpaired) electrons. The van der Waals surface area contributed by atoms with Gasteiger partial charge in [0, 0.05) is 36.6 Å².